The predicted molar refractivity (Wildman–Crippen MR) is 78.1 cm³/mol. The van der Waals surface area contributed by atoms with Crippen LogP contribution in [0, 0.1) is 13.8 Å². The van der Waals surface area contributed by atoms with Crippen molar-refractivity contribution in [1.29, 1.82) is 0 Å². The van der Waals surface area contributed by atoms with Crippen molar-refractivity contribution in [2.45, 2.75) is 26.3 Å². The molecule has 5 nitrogen and oxygen atoms in total. The Bertz CT molecular complexity index is 581. The number of nitrogens with two attached hydrogens (primary N) is 1. The Morgan fingerprint density at radius 3 is 2.50 bits per heavy atom. The molecule has 0 bridgehead atoms. The molecule has 0 aromatic heterocycles. The maximum atomic E-state index is 11.9. The van der Waals surface area contributed by atoms with E-state index >= 15 is 0 Å². The van der Waals surface area contributed by atoms with Crippen molar-refractivity contribution in [1.82, 2.24) is 0 Å². The molecule has 1 aromatic carbocycles. The largest absolute Gasteiger partial charge is 0.469 e. The molecule has 0 aliphatic rings. The lowest BCUT2D eigenvalue weighted by atomic mass is 10.0. The molecule has 1 atom stereocenters. The second-order valence-corrected chi connectivity index (χ2v) is 7.12. The summed E-state index contributed by atoms with van der Waals surface area (Å²) in [6.45, 7) is 3.94. The summed E-state index contributed by atoms with van der Waals surface area (Å²) in [6.07, 6.45) is -0.140. The Hall–Kier alpha value is -1.40. The SMILES string of the molecule is COC(=O)CCS(=O)(=O)CC(N)c1ccc(C)c(C)c1. The number of hydrogen-bond donors (Lipinski definition) is 1. The Morgan fingerprint density at radius 1 is 1.30 bits per heavy atom. The van der Waals surface area contributed by atoms with Crippen LogP contribution in [0.15, 0.2) is 18.2 Å². The minimum atomic E-state index is -3.38. The van der Waals surface area contributed by atoms with E-state index in [2.05, 4.69) is 4.74 Å². The summed E-state index contributed by atoms with van der Waals surface area (Å²) in [5, 5.41) is 0. The maximum absolute atomic E-state index is 11.9. The zero-order valence-corrected chi connectivity index (χ0v) is 12.9. The highest BCUT2D eigenvalue weighted by atomic mass is 32.2. The predicted octanol–water partition coefficient (Wildman–Crippen LogP) is 1.28. The summed E-state index contributed by atoms with van der Waals surface area (Å²) in [7, 11) is -2.15. The highest BCUT2D eigenvalue weighted by Crippen LogP contribution is 2.17. The van der Waals surface area contributed by atoms with Crippen molar-refractivity contribution in [3.8, 4) is 0 Å². The molecule has 0 heterocycles. The molecule has 0 saturated carbocycles. The van der Waals surface area contributed by atoms with Gasteiger partial charge < -0.3 is 10.5 Å². The number of hydrogen-bond acceptors (Lipinski definition) is 5. The number of rotatable bonds is 6. The van der Waals surface area contributed by atoms with Crippen molar-refractivity contribution < 1.29 is 17.9 Å². The first-order chi connectivity index (χ1) is 9.25. The summed E-state index contributed by atoms with van der Waals surface area (Å²) in [5.74, 6) is -0.946. The van der Waals surface area contributed by atoms with Gasteiger partial charge in [0.25, 0.3) is 0 Å². The van der Waals surface area contributed by atoms with Gasteiger partial charge in [-0.3, -0.25) is 4.79 Å². The third kappa shape index (κ3) is 4.94. The fourth-order valence-corrected chi connectivity index (χ4v) is 3.17. The number of sulfone groups is 1. The molecular formula is C14H21NO4S. The number of esters is 1. The third-order valence-electron chi connectivity index (χ3n) is 3.24. The molecule has 2 N–H and O–H groups in total. The smallest absolute Gasteiger partial charge is 0.306 e. The zero-order chi connectivity index (χ0) is 15.3. The highest BCUT2D eigenvalue weighted by molar-refractivity contribution is 7.91. The average Bonchev–Trinajstić information content (AvgIpc) is 2.38. The summed E-state index contributed by atoms with van der Waals surface area (Å²) < 4.78 is 28.2. The monoisotopic (exact) mass is 299 g/mol. The first kappa shape index (κ1) is 16.7. The molecule has 1 unspecified atom stereocenters. The van der Waals surface area contributed by atoms with Gasteiger partial charge in [-0.2, -0.15) is 0 Å². The lowest BCUT2D eigenvalue weighted by Crippen LogP contribution is -2.24. The second kappa shape index (κ2) is 6.85. The summed E-state index contributed by atoms with van der Waals surface area (Å²) in [4.78, 5) is 11.0. The van der Waals surface area contributed by atoms with Crippen LogP contribution in [0.25, 0.3) is 0 Å². The van der Waals surface area contributed by atoms with Crippen molar-refractivity contribution >= 4 is 15.8 Å². The standard InChI is InChI=1S/C14H21NO4S/c1-10-4-5-12(8-11(10)2)13(15)9-20(17,18)7-6-14(16)19-3/h4-5,8,13H,6-7,9,15H2,1-3H3. The van der Waals surface area contributed by atoms with E-state index in [1.54, 1.807) is 0 Å². The van der Waals surface area contributed by atoms with Crippen LogP contribution >= 0.6 is 0 Å². The van der Waals surface area contributed by atoms with Crippen molar-refractivity contribution in [2.24, 2.45) is 5.73 Å². The Labute approximate surface area is 120 Å². The lowest BCUT2D eigenvalue weighted by molar-refractivity contribution is -0.140. The van der Waals surface area contributed by atoms with E-state index < -0.39 is 21.8 Å². The Balaban J connectivity index is 2.71. The summed E-state index contributed by atoms with van der Waals surface area (Å²) >= 11 is 0. The number of carbonyl (C=O) groups excluding carboxylic acids is 1. The number of aryl methyl sites for hydroxylation is 2. The topological polar surface area (TPSA) is 86.5 Å². The summed E-state index contributed by atoms with van der Waals surface area (Å²) in [5.41, 5.74) is 8.94. The minimum Gasteiger partial charge on any atom is -0.469 e. The molecule has 112 valence electrons. The van der Waals surface area contributed by atoms with Crippen molar-refractivity contribution in [2.75, 3.05) is 18.6 Å². The van der Waals surface area contributed by atoms with E-state index in [9.17, 15) is 13.2 Å². The molecule has 0 aliphatic heterocycles. The van der Waals surface area contributed by atoms with Crippen LogP contribution in [0.5, 0.6) is 0 Å². The van der Waals surface area contributed by atoms with Gasteiger partial charge in [0.15, 0.2) is 9.84 Å². The van der Waals surface area contributed by atoms with Gasteiger partial charge in [0.2, 0.25) is 0 Å². The zero-order valence-electron chi connectivity index (χ0n) is 12.0. The Kier molecular flexibility index (Phi) is 5.71. The van der Waals surface area contributed by atoms with Gasteiger partial charge in [-0.05, 0) is 30.5 Å². The van der Waals surface area contributed by atoms with Crippen LogP contribution in [0.4, 0.5) is 0 Å². The van der Waals surface area contributed by atoms with Crippen molar-refractivity contribution in [3.63, 3.8) is 0 Å². The van der Waals surface area contributed by atoms with E-state index in [1.165, 1.54) is 7.11 Å². The number of ether oxygens (including phenoxy) is 1. The number of benzene rings is 1. The third-order valence-corrected chi connectivity index (χ3v) is 4.93. The van der Waals surface area contributed by atoms with Crippen molar-refractivity contribution in [3.05, 3.63) is 34.9 Å². The highest BCUT2D eigenvalue weighted by Gasteiger charge is 2.19. The van der Waals surface area contributed by atoms with Crippen LogP contribution in [0.3, 0.4) is 0 Å². The first-order valence-corrected chi connectivity index (χ1v) is 8.17. The number of carbonyl (C=O) groups is 1. The van der Waals surface area contributed by atoms with Gasteiger partial charge in [-0.1, -0.05) is 18.2 Å². The van der Waals surface area contributed by atoms with Crippen LogP contribution in [-0.4, -0.2) is 33.0 Å². The Morgan fingerprint density at radius 2 is 1.95 bits per heavy atom. The molecular weight excluding hydrogens is 278 g/mol. The lowest BCUT2D eigenvalue weighted by Gasteiger charge is -2.14. The molecule has 20 heavy (non-hydrogen) atoms. The normalized spacial score (nSPS) is 13.0. The van der Waals surface area contributed by atoms with Gasteiger partial charge in [-0.25, -0.2) is 8.42 Å². The van der Waals surface area contributed by atoms with E-state index in [-0.39, 0.29) is 17.9 Å². The molecule has 1 rings (SSSR count). The van der Waals surface area contributed by atoms with Gasteiger partial charge in [0.05, 0.1) is 25.0 Å². The minimum absolute atomic E-state index is 0.140. The quantitative estimate of drug-likeness (QED) is 0.800. The van der Waals surface area contributed by atoms with E-state index in [1.807, 2.05) is 32.0 Å². The molecule has 0 amide bonds. The molecule has 0 saturated heterocycles. The summed E-state index contributed by atoms with van der Waals surface area (Å²) in [6, 6.07) is 5.07. The molecule has 6 heteroatoms. The van der Waals surface area contributed by atoms with Crippen LogP contribution in [0.1, 0.15) is 29.2 Å². The van der Waals surface area contributed by atoms with E-state index in [4.69, 9.17) is 5.73 Å². The van der Waals surface area contributed by atoms with Gasteiger partial charge in [0, 0.05) is 6.04 Å². The van der Waals surface area contributed by atoms with Crippen LogP contribution in [-0.2, 0) is 19.4 Å². The fraction of sp³-hybridized carbons (Fsp3) is 0.500. The molecule has 0 radical (unpaired) electrons. The maximum Gasteiger partial charge on any atom is 0.306 e. The van der Waals surface area contributed by atoms with Gasteiger partial charge >= 0.3 is 5.97 Å². The van der Waals surface area contributed by atoms with Gasteiger partial charge in [0.1, 0.15) is 0 Å². The molecule has 1 aromatic rings. The number of methoxy groups -OCH3 is 1. The molecule has 0 aliphatic carbocycles. The molecule has 0 fully saturated rings. The fourth-order valence-electron chi connectivity index (χ4n) is 1.79. The first-order valence-electron chi connectivity index (χ1n) is 6.35. The average molecular weight is 299 g/mol. The van der Waals surface area contributed by atoms with Crippen LogP contribution < -0.4 is 5.73 Å². The van der Waals surface area contributed by atoms with E-state index in [0.29, 0.717) is 0 Å². The van der Waals surface area contributed by atoms with Crippen LogP contribution in [0.2, 0.25) is 0 Å². The molecule has 0 spiro atoms. The second-order valence-electron chi connectivity index (χ2n) is 4.89. The van der Waals surface area contributed by atoms with E-state index in [0.717, 1.165) is 16.7 Å². The van der Waals surface area contributed by atoms with Gasteiger partial charge in [-0.15, -0.1) is 0 Å².